The van der Waals surface area contributed by atoms with Crippen LogP contribution in [0.4, 0.5) is 5.82 Å². The maximum Gasteiger partial charge on any atom is 0.352 e. The predicted octanol–water partition coefficient (Wildman–Crippen LogP) is 0.852. The van der Waals surface area contributed by atoms with E-state index in [2.05, 4.69) is 10.1 Å². The van der Waals surface area contributed by atoms with Crippen LogP contribution >= 0.6 is 7.52 Å². The molecule has 2 heterocycles. The second kappa shape index (κ2) is 11.3. The number of aliphatic hydroxyl groups excluding tert-OH is 1. The molecule has 0 bridgehead atoms. The zero-order valence-electron chi connectivity index (χ0n) is 21.5. The minimum Gasteiger partial charge on any atom is -0.462 e. The quantitative estimate of drug-likeness (QED) is 0.241. The third-order valence-corrected chi connectivity index (χ3v) is 8.16. The van der Waals surface area contributed by atoms with Crippen LogP contribution in [-0.4, -0.2) is 62.3 Å². The number of nitrogens with two attached hydrogens (primary N) is 1. The third-order valence-electron chi connectivity index (χ3n) is 6.03. The van der Waals surface area contributed by atoms with Crippen LogP contribution in [0.3, 0.4) is 0 Å². The van der Waals surface area contributed by atoms with Gasteiger partial charge in [0.15, 0.2) is 5.60 Å². The van der Waals surface area contributed by atoms with Crippen molar-refractivity contribution in [2.45, 2.75) is 69.5 Å². The van der Waals surface area contributed by atoms with Gasteiger partial charge in [0.1, 0.15) is 30.1 Å². The summed E-state index contributed by atoms with van der Waals surface area (Å²) in [6.45, 7) is 5.38. The molecule has 0 aliphatic carbocycles. The van der Waals surface area contributed by atoms with Crippen molar-refractivity contribution in [3.05, 3.63) is 58.6 Å². The van der Waals surface area contributed by atoms with E-state index in [1.807, 2.05) is 0 Å². The lowest BCUT2D eigenvalue weighted by Gasteiger charge is -2.34. The highest BCUT2D eigenvalue weighted by Crippen LogP contribution is 2.49. The maximum atomic E-state index is 13.9. The number of hydrogen-bond donors (Lipinski definition) is 4. The first-order chi connectivity index (χ1) is 17.7. The van der Waals surface area contributed by atoms with Gasteiger partial charge < -0.3 is 29.9 Å². The van der Waals surface area contributed by atoms with E-state index in [0.717, 1.165) is 17.7 Å². The molecule has 0 spiro atoms. The summed E-state index contributed by atoms with van der Waals surface area (Å²) in [6, 6.07) is 10.7. The minimum atomic E-state index is -3.86. The van der Waals surface area contributed by atoms with Crippen LogP contribution in [0.25, 0.3) is 0 Å². The third kappa shape index (κ3) is 5.96. The Bertz CT molecular complexity index is 1290. The van der Waals surface area contributed by atoms with E-state index in [4.69, 9.17) is 19.7 Å². The molecule has 3 rings (SSSR count). The normalized spacial score (nSPS) is 27.4. The van der Waals surface area contributed by atoms with Crippen LogP contribution in [0.5, 0.6) is 0 Å². The molecule has 1 aliphatic rings. The molecule has 1 aliphatic heterocycles. The Morgan fingerprint density at radius 2 is 2.00 bits per heavy atom. The second-order valence-electron chi connectivity index (χ2n) is 9.46. The number of aliphatic hydroxyl groups is 2. The van der Waals surface area contributed by atoms with Crippen LogP contribution in [0.2, 0.25) is 0 Å². The van der Waals surface area contributed by atoms with Crippen molar-refractivity contribution in [2.75, 3.05) is 12.3 Å². The summed E-state index contributed by atoms with van der Waals surface area (Å²) in [5.74, 6) is -0.758. The Labute approximate surface area is 219 Å². The molecule has 0 unspecified atom stereocenters. The molecule has 1 saturated heterocycles. The smallest absolute Gasteiger partial charge is 0.352 e. The summed E-state index contributed by atoms with van der Waals surface area (Å²) in [5.41, 5.74) is 0.458. The van der Waals surface area contributed by atoms with E-state index < -0.39 is 61.5 Å². The van der Waals surface area contributed by atoms with Gasteiger partial charge in [0.2, 0.25) is 0 Å². The van der Waals surface area contributed by atoms with Gasteiger partial charge in [-0.2, -0.15) is 10.2 Å². The molecule has 5 N–H and O–H groups in total. The largest absolute Gasteiger partial charge is 0.462 e. The monoisotopic (exact) mass is 549 g/mol. The number of carbonyl (C=O) groups excluding carboxylic acids is 1. The first-order valence-corrected chi connectivity index (χ1v) is 13.7. The number of carbonyl (C=O) groups is 1. The summed E-state index contributed by atoms with van der Waals surface area (Å²) < 4.78 is 31.3. The first-order valence-electron chi connectivity index (χ1n) is 11.9. The zero-order chi connectivity index (χ0) is 28.3. The Balaban J connectivity index is 1.88. The number of hydrogen-bond acceptors (Lipinski definition) is 11. The van der Waals surface area contributed by atoms with Gasteiger partial charge in [0.25, 0.3) is 13.2 Å². The average molecular weight is 550 g/mol. The second-order valence-corrected chi connectivity index (χ2v) is 11.6. The van der Waals surface area contributed by atoms with Crippen molar-refractivity contribution < 1.29 is 33.6 Å². The Kier molecular flexibility index (Phi) is 8.78. The molecule has 206 valence electrons. The van der Waals surface area contributed by atoms with E-state index in [0.29, 0.717) is 5.56 Å². The number of ether oxygens (including phenoxy) is 2. The fourth-order valence-electron chi connectivity index (χ4n) is 4.07. The summed E-state index contributed by atoms with van der Waals surface area (Å²) in [6.07, 6.45) is -2.56. The van der Waals surface area contributed by atoms with Gasteiger partial charge >= 0.3 is 11.7 Å². The first kappa shape index (κ1) is 29.4. The van der Waals surface area contributed by atoms with Gasteiger partial charge in [0.05, 0.1) is 18.9 Å². The van der Waals surface area contributed by atoms with Crippen molar-refractivity contribution in [3.63, 3.8) is 0 Å². The number of nitrogen functional groups attached to an aromatic ring is 1. The summed E-state index contributed by atoms with van der Waals surface area (Å²) in [5, 5.41) is 34.7. The van der Waals surface area contributed by atoms with Crippen molar-refractivity contribution in [1.82, 2.24) is 14.6 Å². The number of benzene rings is 1. The van der Waals surface area contributed by atoms with Crippen molar-refractivity contribution in [1.29, 1.82) is 5.26 Å². The molecule has 2 aromatic rings. The standard InChI is InChI=1S/C24H32N5O8P/c1-15(2)36-21(31)16(3)28-38(34,13-17-8-6-5-7-9-17)35-12-18-20(30)23(4,33)24(14-25,37-18)29-11-10-19(26)27-22(29)32/h5-11,15-16,18,20,30,33H,12-13H2,1-4H3,(H,28,34)(H2,26,27,32)/t16-,18+,20+,23+,24+,38+/m0/s1. The van der Waals surface area contributed by atoms with Crippen molar-refractivity contribution in [2.24, 2.45) is 0 Å². The molecule has 0 saturated carbocycles. The zero-order valence-corrected chi connectivity index (χ0v) is 22.4. The highest BCUT2D eigenvalue weighted by molar-refractivity contribution is 7.56. The van der Waals surface area contributed by atoms with Crippen LogP contribution in [-0.2, 0) is 35.2 Å². The fourth-order valence-corrected chi connectivity index (χ4v) is 6.10. The number of rotatable bonds is 10. The molecule has 0 amide bonds. The van der Waals surface area contributed by atoms with Gasteiger partial charge in [0, 0.05) is 6.20 Å². The van der Waals surface area contributed by atoms with Gasteiger partial charge in [-0.3, -0.25) is 13.9 Å². The lowest BCUT2D eigenvalue weighted by Crippen LogP contribution is -2.57. The van der Waals surface area contributed by atoms with E-state index in [9.17, 15) is 29.6 Å². The number of esters is 1. The van der Waals surface area contributed by atoms with Crippen molar-refractivity contribution in [3.8, 4) is 6.07 Å². The number of anilines is 1. The molecular formula is C24H32N5O8P. The Morgan fingerprint density at radius 3 is 2.58 bits per heavy atom. The summed E-state index contributed by atoms with van der Waals surface area (Å²) >= 11 is 0. The number of nitrogens with one attached hydrogen (secondary N) is 1. The fraction of sp³-hybridized carbons (Fsp3) is 0.500. The van der Waals surface area contributed by atoms with Crippen LogP contribution in [0.1, 0.15) is 33.3 Å². The topological polar surface area (TPSA) is 199 Å². The molecule has 38 heavy (non-hydrogen) atoms. The Morgan fingerprint density at radius 1 is 1.34 bits per heavy atom. The number of aromatic nitrogens is 2. The van der Waals surface area contributed by atoms with E-state index >= 15 is 0 Å². The molecule has 13 nitrogen and oxygen atoms in total. The predicted molar refractivity (Wildman–Crippen MR) is 136 cm³/mol. The highest BCUT2D eigenvalue weighted by Gasteiger charge is 2.65. The molecule has 14 heteroatoms. The van der Waals surface area contributed by atoms with Crippen molar-refractivity contribution >= 4 is 19.3 Å². The average Bonchev–Trinajstić information content (AvgIpc) is 3.03. The van der Waals surface area contributed by atoms with E-state index in [1.165, 1.54) is 13.0 Å². The molecule has 1 aromatic carbocycles. The van der Waals surface area contributed by atoms with Crippen LogP contribution in [0, 0.1) is 11.3 Å². The van der Waals surface area contributed by atoms with Gasteiger partial charge in [-0.15, -0.1) is 0 Å². The lowest BCUT2D eigenvalue weighted by molar-refractivity contribution is -0.151. The van der Waals surface area contributed by atoms with E-state index in [-0.39, 0.29) is 12.0 Å². The number of nitriles is 1. The maximum absolute atomic E-state index is 13.9. The molecular weight excluding hydrogens is 517 g/mol. The summed E-state index contributed by atoms with van der Waals surface area (Å²) in [7, 11) is -3.86. The van der Waals surface area contributed by atoms with Crippen LogP contribution in [0.15, 0.2) is 47.4 Å². The Hall–Kier alpha value is -3.11. The van der Waals surface area contributed by atoms with Crippen LogP contribution < -0.4 is 16.5 Å². The van der Waals surface area contributed by atoms with E-state index in [1.54, 1.807) is 50.2 Å². The molecule has 0 radical (unpaired) electrons. The van der Waals surface area contributed by atoms with Gasteiger partial charge in [-0.1, -0.05) is 30.3 Å². The molecule has 1 aromatic heterocycles. The minimum absolute atomic E-state index is 0.115. The lowest BCUT2D eigenvalue weighted by atomic mass is 9.88. The SMILES string of the molecule is CC(C)OC(=O)[C@H](C)N[P@@](=O)(Cc1ccccc1)OC[C@H]1O[C@@](C#N)(n2ccc(N)nc2=O)[C@](C)(O)[C@@H]1O. The van der Waals surface area contributed by atoms with Gasteiger partial charge in [-0.25, -0.2) is 9.88 Å². The highest BCUT2D eigenvalue weighted by atomic mass is 31.2. The number of nitrogens with zero attached hydrogens (tertiary/aromatic N) is 3. The van der Waals surface area contributed by atoms with Gasteiger partial charge in [-0.05, 0) is 39.3 Å². The molecule has 6 atom stereocenters. The molecule has 1 fully saturated rings. The summed E-state index contributed by atoms with van der Waals surface area (Å²) in [4.78, 5) is 28.4.